The van der Waals surface area contributed by atoms with Crippen molar-refractivity contribution in [3.05, 3.63) is 35.4 Å². The summed E-state index contributed by atoms with van der Waals surface area (Å²) in [7, 11) is 4.25. The minimum atomic E-state index is 0.179. The molecular formula is C15H26N2. The van der Waals surface area contributed by atoms with Gasteiger partial charge in [-0.1, -0.05) is 29.8 Å². The minimum absolute atomic E-state index is 0.179. The van der Waals surface area contributed by atoms with Crippen molar-refractivity contribution in [2.75, 3.05) is 20.6 Å². The highest BCUT2D eigenvalue weighted by Crippen LogP contribution is 2.16. The highest BCUT2D eigenvalue weighted by molar-refractivity contribution is 5.24. The fourth-order valence-electron chi connectivity index (χ4n) is 1.62. The number of hydrogen-bond acceptors (Lipinski definition) is 2. The van der Waals surface area contributed by atoms with Crippen LogP contribution in [0.4, 0.5) is 0 Å². The Morgan fingerprint density at radius 3 is 2.47 bits per heavy atom. The molecule has 1 atom stereocenters. The van der Waals surface area contributed by atoms with Crippen LogP contribution in [0.3, 0.4) is 0 Å². The number of likely N-dealkylation sites (N-methyl/N-ethyl adjacent to an activating group) is 1. The second kappa shape index (κ2) is 5.65. The Balaban J connectivity index is 2.59. The quantitative estimate of drug-likeness (QED) is 0.842. The maximum atomic E-state index is 3.61. The Bertz CT molecular complexity index is 356. The summed E-state index contributed by atoms with van der Waals surface area (Å²) in [6, 6.07) is 9.10. The van der Waals surface area contributed by atoms with E-state index in [1.165, 1.54) is 11.1 Å². The van der Waals surface area contributed by atoms with Crippen molar-refractivity contribution >= 4 is 0 Å². The first kappa shape index (κ1) is 14.2. The maximum Gasteiger partial charge on any atom is 0.0292 e. The van der Waals surface area contributed by atoms with Crippen LogP contribution in [0.1, 0.15) is 37.9 Å². The lowest BCUT2D eigenvalue weighted by Crippen LogP contribution is -2.47. The lowest BCUT2D eigenvalue weighted by Gasteiger charge is -2.34. The van der Waals surface area contributed by atoms with Gasteiger partial charge in [0, 0.05) is 18.1 Å². The molecule has 2 nitrogen and oxygen atoms in total. The van der Waals surface area contributed by atoms with E-state index in [-0.39, 0.29) is 5.54 Å². The van der Waals surface area contributed by atoms with Gasteiger partial charge >= 0.3 is 0 Å². The minimum Gasteiger partial charge on any atom is -0.308 e. The van der Waals surface area contributed by atoms with Crippen LogP contribution >= 0.6 is 0 Å². The second-order valence-corrected chi connectivity index (χ2v) is 5.72. The topological polar surface area (TPSA) is 15.3 Å². The lowest BCUT2D eigenvalue weighted by atomic mass is 10.0. The summed E-state index contributed by atoms with van der Waals surface area (Å²) in [4.78, 5) is 2.25. The zero-order chi connectivity index (χ0) is 13.1. The van der Waals surface area contributed by atoms with E-state index >= 15 is 0 Å². The molecule has 0 saturated carbocycles. The largest absolute Gasteiger partial charge is 0.308 e. The van der Waals surface area contributed by atoms with Crippen LogP contribution in [0, 0.1) is 6.92 Å². The van der Waals surface area contributed by atoms with Crippen molar-refractivity contribution in [2.45, 2.75) is 39.3 Å². The molecule has 0 aromatic heterocycles. The van der Waals surface area contributed by atoms with Gasteiger partial charge in [0.2, 0.25) is 0 Å². The standard InChI is InChI=1S/C15H26N2/c1-12-8-7-9-14(10-12)13(2)16-11-15(3,4)17(5)6/h7-10,13,16H,11H2,1-6H3. The molecule has 1 unspecified atom stereocenters. The summed E-state index contributed by atoms with van der Waals surface area (Å²) >= 11 is 0. The molecule has 0 aliphatic carbocycles. The van der Waals surface area contributed by atoms with Gasteiger partial charge in [-0.25, -0.2) is 0 Å². The number of nitrogens with one attached hydrogen (secondary N) is 1. The highest BCUT2D eigenvalue weighted by Gasteiger charge is 2.20. The molecule has 0 spiro atoms. The SMILES string of the molecule is Cc1cccc(C(C)NCC(C)(C)N(C)C)c1. The molecule has 17 heavy (non-hydrogen) atoms. The van der Waals surface area contributed by atoms with Gasteiger partial charge in [0.25, 0.3) is 0 Å². The van der Waals surface area contributed by atoms with Crippen LogP contribution in [-0.2, 0) is 0 Å². The molecule has 0 bridgehead atoms. The van der Waals surface area contributed by atoms with E-state index in [2.05, 4.69) is 76.3 Å². The normalized spacial score (nSPS) is 14.1. The van der Waals surface area contributed by atoms with E-state index < -0.39 is 0 Å². The molecule has 0 radical (unpaired) electrons. The van der Waals surface area contributed by atoms with Crippen LogP contribution in [0.25, 0.3) is 0 Å². The Hall–Kier alpha value is -0.860. The van der Waals surface area contributed by atoms with Crippen molar-refractivity contribution in [2.24, 2.45) is 0 Å². The fraction of sp³-hybridized carbons (Fsp3) is 0.600. The van der Waals surface area contributed by atoms with Gasteiger partial charge in [-0.3, -0.25) is 0 Å². The zero-order valence-corrected chi connectivity index (χ0v) is 12.0. The monoisotopic (exact) mass is 234 g/mol. The molecule has 0 amide bonds. The van der Waals surface area contributed by atoms with E-state index in [0.29, 0.717) is 6.04 Å². The number of hydrogen-bond donors (Lipinski definition) is 1. The molecule has 0 saturated heterocycles. The van der Waals surface area contributed by atoms with E-state index in [9.17, 15) is 0 Å². The van der Waals surface area contributed by atoms with Crippen LogP contribution in [0.15, 0.2) is 24.3 Å². The first-order valence-electron chi connectivity index (χ1n) is 6.30. The number of aryl methyl sites for hydroxylation is 1. The van der Waals surface area contributed by atoms with Gasteiger partial charge in [0.1, 0.15) is 0 Å². The summed E-state index contributed by atoms with van der Waals surface area (Å²) < 4.78 is 0. The van der Waals surface area contributed by atoms with E-state index in [1.54, 1.807) is 0 Å². The summed E-state index contributed by atoms with van der Waals surface area (Å²) in [5.74, 6) is 0. The smallest absolute Gasteiger partial charge is 0.0292 e. The van der Waals surface area contributed by atoms with Crippen LogP contribution in [-0.4, -0.2) is 31.1 Å². The third-order valence-electron chi connectivity index (χ3n) is 3.59. The van der Waals surface area contributed by atoms with Gasteiger partial charge < -0.3 is 10.2 Å². The average molecular weight is 234 g/mol. The predicted molar refractivity (Wildman–Crippen MR) is 75.4 cm³/mol. The van der Waals surface area contributed by atoms with Gasteiger partial charge in [0.15, 0.2) is 0 Å². The molecule has 1 N–H and O–H groups in total. The molecule has 0 aliphatic heterocycles. The highest BCUT2D eigenvalue weighted by atomic mass is 15.2. The van der Waals surface area contributed by atoms with Crippen molar-refractivity contribution in [3.8, 4) is 0 Å². The van der Waals surface area contributed by atoms with Crippen LogP contribution in [0.2, 0.25) is 0 Å². The van der Waals surface area contributed by atoms with Crippen molar-refractivity contribution in [1.29, 1.82) is 0 Å². The Kier molecular flexibility index (Phi) is 4.72. The number of rotatable bonds is 5. The van der Waals surface area contributed by atoms with Crippen LogP contribution < -0.4 is 5.32 Å². The van der Waals surface area contributed by atoms with Crippen molar-refractivity contribution in [1.82, 2.24) is 10.2 Å². The summed E-state index contributed by atoms with van der Waals surface area (Å²) in [6.07, 6.45) is 0. The molecule has 96 valence electrons. The molecule has 1 aromatic carbocycles. The fourth-order valence-corrected chi connectivity index (χ4v) is 1.62. The van der Waals surface area contributed by atoms with E-state index in [4.69, 9.17) is 0 Å². The molecule has 0 heterocycles. The van der Waals surface area contributed by atoms with Crippen LogP contribution in [0.5, 0.6) is 0 Å². The third kappa shape index (κ3) is 4.14. The first-order valence-corrected chi connectivity index (χ1v) is 6.30. The van der Waals surface area contributed by atoms with Gasteiger partial charge in [0.05, 0.1) is 0 Å². The third-order valence-corrected chi connectivity index (χ3v) is 3.59. The molecule has 2 heteroatoms. The Morgan fingerprint density at radius 2 is 1.94 bits per heavy atom. The average Bonchev–Trinajstić information content (AvgIpc) is 2.25. The number of benzene rings is 1. The van der Waals surface area contributed by atoms with Gasteiger partial charge in [-0.2, -0.15) is 0 Å². The summed E-state index contributed by atoms with van der Waals surface area (Å²) in [5, 5.41) is 3.61. The Labute approximate surface area is 106 Å². The number of nitrogens with zero attached hydrogens (tertiary/aromatic N) is 1. The molecule has 0 aliphatic rings. The van der Waals surface area contributed by atoms with Crippen molar-refractivity contribution < 1.29 is 0 Å². The second-order valence-electron chi connectivity index (χ2n) is 5.72. The van der Waals surface area contributed by atoms with E-state index in [0.717, 1.165) is 6.54 Å². The van der Waals surface area contributed by atoms with Gasteiger partial charge in [-0.15, -0.1) is 0 Å². The maximum absolute atomic E-state index is 3.61. The molecule has 0 fully saturated rings. The Morgan fingerprint density at radius 1 is 1.29 bits per heavy atom. The molecular weight excluding hydrogens is 208 g/mol. The molecule has 1 aromatic rings. The zero-order valence-electron chi connectivity index (χ0n) is 12.0. The van der Waals surface area contributed by atoms with E-state index in [1.807, 2.05) is 0 Å². The first-order chi connectivity index (χ1) is 7.83. The summed E-state index contributed by atoms with van der Waals surface area (Å²) in [5.41, 5.74) is 2.86. The predicted octanol–water partition coefficient (Wildman–Crippen LogP) is 2.99. The van der Waals surface area contributed by atoms with Gasteiger partial charge in [-0.05, 0) is 47.4 Å². The van der Waals surface area contributed by atoms with Crippen molar-refractivity contribution in [3.63, 3.8) is 0 Å². The lowest BCUT2D eigenvalue weighted by molar-refractivity contribution is 0.185. The molecule has 1 rings (SSSR count). The summed E-state index contributed by atoms with van der Waals surface area (Å²) in [6.45, 7) is 9.85.